The molecule has 0 unspecified atom stereocenters. The Morgan fingerprint density at radius 1 is 1.06 bits per heavy atom. The lowest BCUT2D eigenvalue weighted by atomic mass is 10.1. The van der Waals surface area contributed by atoms with Crippen molar-refractivity contribution in [3.05, 3.63) is 62.4 Å². The fourth-order valence-electron chi connectivity index (χ4n) is 2.95. The van der Waals surface area contributed by atoms with Gasteiger partial charge in [0.15, 0.2) is 10.3 Å². The minimum atomic E-state index is -4.71. The predicted octanol–water partition coefficient (Wildman–Crippen LogP) is 6.34. The van der Waals surface area contributed by atoms with Gasteiger partial charge in [0.25, 0.3) is 0 Å². The molecule has 3 aromatic rings. The molecule has 2 aromatic heterocycles. The maximum absolute atomic E-state index is 12.4. The number of nitrogens with zero attached hydrogens (tertiary/aromatic N) is 4. The van der Waals surface area contributed by atoms with Crippen molar-refractivity contribution >= 4 is 40.4 Å². The lowest BCUT2D eigenvalue weighted by Crippen LogP contribution is -2.26. The Labute approximate surface area is 191 Å². The van der Waals surface area contributed by atoms with E-state index in [1.807, 2.05) is 11.8 Å². The fraction of sp³-hybridized carbons (Fsp3) is 0.350. The van der Waals surface area contributed by atoms with Crippen molar-refractivity contribution < 1.29 is 17.9 Å². The van der Waals surface area contributed by atoms with Crippen molar-refractivity contribution in [2.45, 2.75) is 39.1 Å². The quantitative estimate of drug-likeness (QED) is 0.350. The van der Waals surface area contributed by atoms with Crippen LogP contribution in [0.1, 0.15) is 29.5 Å². The van der Waals surface area contributed by atoms with Gasteiger partial charge in [-0.15, -0.1) is 24.5 Å². The average Bonchev–Trinajstić information content (AvgIpc) is 3.12. The molecule has 0 spiro atoms. The van der Waals surface area contributed by atoms with Crippen LogP contribution in [0.4, 0.5) is 19.0 Å². The number of halogens is 5. The molecule has 5 nitrogen and oxygen atoms in total. The number of aryl methyl sites for hydroxylation is 1. The van der Waals surface area contributed by atoms with Gasteiger partial charge in [-0.05, 0) is 30.5 Å². The van der Waals surface area contributed by atoms with E-state index in [1.54, 1.807) is 18.3 Å². The summed E-state index contributed by atoms with van der Waals surface area (Å²) in [6.45, 7) is 3.06. The first-order chi connectivity index (χ1) is 14.7. The Bertz CT molecular complexity index is 999. The van der Waals surface area contributed by atoms with E-state index in [1.165, 1.54) is 29.8 Å². The number of rotatable bonds is 9. The van der Waals surface area contributed by atoms with Crippen LogP contribution in [0.3, 0.4) is 0 Å². The predicted molar refractivity (Wildman–Crippen MR) is 116 cm³/mol. The monoisotopic (exact) mass is 490 g/mol. The minimum Gasteiger partial charge on any atom is -0.406 e. The lowest BCUT2D eigenvalue weighted by molar-refractivity contribution is -0.274. The van der Waals surface area contributed by atoms with Crippen molar-refractivity contribution in [3.63, 3.8) is 0 Å². The molecule has 0 fully saturated rings. The SMILES string of the molecule is CCCc1ncnc(N(CCc2ccc(OC(F)(F)F)cc2)Cc2cnc(Cl)s2)c1Cl. The molecule has 2 heterocycles. The summed E-state index contributed by atoms with van der Waals surface area (Å²) >= 11 is 13.9. The van der Waals surface area contributed by atoms with Crippen molar-refractivity contribution in [1.82, 2.24) is 15.0 Å². The Morgan fingerprint density at radius 2 is 1.81 bits per heavy atom. The van der Waals surface area contributed by atoms with Gasteiger partial charge in [-0.3, -0.25) is 0 Å². The standard InChI is InChI=1S/C20H19Cl2F3N4OS/c1-2-3-16-17(21)18(28-12-27-16)29(11-15-10-26-19(22)31-15)9-8-13-4-6-14(7-5-13)30-20(23,24)25/h4-7,10,12H,2-3,8-9,11H2,1H3. The maximum atomic E-state index is 12.4. The molecular formula is C20H19Cl2F3N4OS. The molecule has 31 heavy (non-hydrogen) atoms. The van der Waals surface area contributed by atoms with Crippen LogP contribution < -0.4 is 9.64 Å². The highest BCUT2D eigenvalue weighted by Crippen LogP contribution is 2.30. The molecule has 3 rings (SSSR count). The van der Waals surface area contributed by atoms with Crippen LogP contribution >= 0.6 is 34.5 Å². The lowest BCUT2D eigenvalue weighted by Gasteiger charge is -2.24. The van der Waals surface area contributed by atoms with Gasteiger partial charge in [-0.1, -0.05) is 48.7 Å². The molecule has 0 saturated carbocycles. The van der Waals surface area contributed by atoms with E-state index >= 15 is 0 Å². The van der Waals surface area contributed by atoms with Crippen molar-refractivity contribution in [3.8, 4) is 5.75 Å². The van der Waals surface area contributed by atoms with E-state index in [9.17, 15) is 13.2 Å². The summed E-state index contributed by atoms with van der Waals surface area (Å²) < 4.78 is 41.4. The van der Waals surface area contributed by atoms with Gasteiger partial charge < -0.3 is 9.64 Å². The molecule has 0 aliphatic carbocycles. The Balaban J connectivity index is 1.78. The molecule has 0 aliphatic heterocycles. The third-order valence-electron chi connectivity index (χ3n) is 4.33. The first-order valence-electron chi connectivity index (χ1n) is 9.44. The Kier molecular flexibility index (Phi) is 7.96. The topological polar surface area (TPSA) is 51.1 Å². The minimum absolute atomic E-state index is 0.254. The van der Waals surface area contributed by atoms with Crippen molar-refractivity contribution in [1.29, 1.82) is 0 Å². The molecule has 0 saturated heterocycles. The van der Waals surface area contributed by atoms with E-state index < -0.39 is 6.36 Å². The van der Waals surface area contributed by atoms with Crippen LogP contribution in [0.25, 0.3) is 0 Å². The van der Waals surface area contributed by atoms with E-state index in [-0.39, 0.29) is 5.75 Å². The van der Waals surface area contributed by atoms with E-state index in [2.05, 4.69) is 19.7 Å². The van der Waals surface area contributed by atoms with Gasteiger partial charge in [-0.2, -0.15) is 0 Å². The molecule has 0 atom stereocenters. The molecule has 0 radical (unpaired) electrons. The summed E-state index contributed by atoms with van der Waals surface area (Å²) in [4.78, 5) is 15.7. The summed E-state index contributed by atoms with van der Waals surface area (Å²) in [6.07, 6.45) is 0.659. The normalized spacial score (nSPS) is 11.5. The van der Waals surface area contributed by atoms with Crippen LogP contribution in [-0.2, 0) is 19.4 Å². The second kappa shape index (κ2) is 10.5. The van der Waals surface area contributed by atoms with Gasteiger partial charge in [0.2, 0.25) is 0 Å². The third-order valence-corrected chi connectivity index (χ3v) is 5.82. The highest BCUT2D eigenvalue weighted by Gasteiger charge is 2.31. The fourth-order valence-corrected chi connectivity index (χ4v) is 4.26. The smallest absolute Gasteiger partial charge is 0.406 e. The van der Waals surface area contributed by atoms with Gasteiger partial charge in [-0.25, -0.2) is 15.0 Å². The van der Waals surface area contributed by atoms with Crippen LogP contribution in [0.2, 0.25) is 9.49 Å². The van der Waals surface area contributed by atoms with Crippen LogP contribution in [0.5, 0.6) is 5.75 Å². The Hall–Kier alpha value is -2.10. The summed E-state index contributed by atoms with van der Waals surface area (Å²) in [7, 11) is 0. The first-order valence-corrected chi connectivity index (χ1v) is 11.0. The van der Waals surface area contributed by atoms with Crippen LogP contribution in [0.15, 0.2) is 36.8 Å². The Morgan fingerprint density at radius 3 is 2.42 bits per heavy atom. The number of anilines is 1. The van der Waals surface area contributed by atoms with Crippen molar-refractivity contribution in [2.24, 2.45) is 0 Å². The third kappa shape index (κ3) is 6.95. The van der Waals surface area contributed by atoms with Crippen LogP contribution in [0, 0.1) is 0 Å². The number of thiazole rings is 1. The highest BCUT2D eigenvalue weighted by molar-refractivity contribution is 7.15. The molecule has 0 N–H and O–H groups in total. The number of hydrogen-bond donors (Lipinski definition) is 0. The van der Waals surface area contributed by atoms with Crippen LogP contribution in [-0.4, -0.2) is 27.9 Å². The largest absolute Gasteiger partial charge is 0.573 e. The van der Waals surface area contributed by atoms with E-state index in [0.29, 0.717) is 34.8 Å². The second-order valence-electron chi connectivity index (χ2n) is 6.65. The highest BCUT2D eigenvalue weighted by atomic mass is 35.5. The van der Waals surface area contributed by atoms with Crippen molar-refractivity contribution in [2.75, 3.05) is 11.4 Å². The molecule has 11 heteroatoms. The average molecular weight is 491 g/mol. The summed E-state index contributed by atoms with van der Waals surface area (Å²) in [5.41, 5.74) is 1.62. The summed E-state index contributed by atoms with van der Waals surface area (Å²) in [5, 5.41) is 0.494. The summed E-state index contributed by atoms with van der Waals surface area (Å²) in [6, 6.07) is 5.81. The molecule has 0 amide bonds. The van der Waals surface area contributed by atoms with E-state index in [4.69, 9.17) is 23.2 Å². The zero-order chi connectivity index (χ0) is 22.4. The van der Waals surface area contributed by atoms with Gasteiger partial charge in [0, 0.05) is 17.6 Å². The molecule has 0 aliphatic rings. The molecule has 1 aromatic carbocycles. The van der Waals surface area contributed by atoms with Gasteiger partial charge in [0.1, 0.15) is 17.1 Å². The molecule has 0 bridgehead atoms. The number of alkyl halides is 3. The first kappa shape index (κ1) is 23.6. The zero-order valence-electron chi connectivity index (χ0n) is 16.5. The zero-order valence-corrected chi connectivity index (χ0v) is 18.8. The van der Waals surface area contributed by atoms with E-state index in [0.717, 1.165) is 29.0 Å². The molecular weight excluding hydrogens is 472 g/mol. The second-order valence-corrected chi connectivity index (χ2v) is 8.73. The maximum Gasteiger partial charge on any atom is 0.573 e. The van der Waals surface area contributed by atoms with Gasteiger partial charge in [0.05, 0.1) is 12.2 Å². The number of hydrogen-bond acceptors (Lipinski definition) is 6. The molecule has 166 valence electrons. The summed E-state index contributed by atoms with van der Waals surface area (Å²) in [5.74, 6) is 0.345. The number of benzene rings is 1. The number of ether oxygens (including phenoxy) is 1. The van der Waals surface area contributed by atoms with Gasteiger partial charge >= 0.3 is 6.36 Å². The number of aromatic nitrogens is 3.